The van der Waals surface area contributed by atoms with Crippen LogP contribution in [-0.2, 0) is 10.2 Å². The van der Waals surface area contributed by atoms with Crippen LogP contribution >= 0.6 is 0 Å². The zero-order valence-corrected chi connectivity index (χ0v) is 13.4. The molecule has 3 unspecified atom stereocenters. The van der Waals surface area contributed by atoms with E-state index < -0.39 is 10.2 Å². The number of rotatable bonds is 5. The van der Waals surface area contributed by atoms with Gasteiger partial charge in [-0.15, -0.1) is 0 Å². The van der Waals surface area contributed by atoms with Crippen molar-refractivity contribution in [2.45, 2.75) is 57.9 Å². The highest BCUT2D eigenvalue weighted by molar-refractivity contribution is 7.87. The van der Waals surface area contributed by atoms with Crippen molar-refractivity contribution >= 4 is 10.2 Å². The summed E-state index contributed by atoms with van der Waals surface area (Å²) < 4.78 is 29.4. The molecule has 0 radical (unpaired) electrons. The van der Waals surface area contributed by atoms with Crippen molar-refractivity contribution in [3.63, 3.8) is 0 Å². The molecule has 0 aromatic carbocycles. The van der Waals surface area contributed by atoms with Crippen molar-refractivity contribution in [1.82, 2.24) is 9.03 Å². The number of piperidine rings is 1. The Morgan fingerprint density at radius 2 is 1.85 bits per heavy atom. The predicted molar refractivity (Wildman–Crippen MR) is 81.4 cm³/mol. The highest BCUT2D eigenvalue weighted by atomic mass is 32.2. The first-order chi connectivity index (χ1) is 9.54. The van der Waals surface area contributed by atoms with E-state index in [1.807, 2.05) is 0 Å². The molecule has 6 heteroatoms. The molecule has 0 bridgehead atoms. The summed E-state index contributed by atoms with van der Waals surface area (Å²) in [6.07, 6.45) is 7.78. The number of nitrogens with two attached hydrogens (primary N) is 1. The van der Waals surface area contributed by atoms with Gasteiger partial charge in [0, 0.05) is 25.7 Å². The molecule has 3 N–H and O–H groups in total. The molecule has 1 aliphatic carbocycles. The summed E-state index contributed by atoms with van der Waals surface area (Å²) in [5.41, 5.74) is 5.72. The van der Waals surface area contributed by atoms with Gasteiger partial charge in [0.15, 0.2) is 0 Å². The van der Waals surface area contributed by atoms with Gasteiger partial charge in [-0.1, -0.05) is 32.6 Å². The molecule has 1 aliphatic heterocycles. The summed E-state index contributed by atoms with van der Waals surface area (Å²) in [5.74, 6) is 1.11. The van der Waals surface area contributed by atoms with Crippen LogP contribution in [0.25, 0.3) is 0 Å². The molecule has 2 aliphatic rings. The minimum absolute atomic E-state index is 0.0231. The average Bonchev–Trinajstić information content (AvgIpc) is 2.46. The smallest absolute Gasteiger partial charge is 0.279 e. The Balaban J connectivity index is 1.92. The Morgan fingerprint density at radius 3 is 2.55 bits per heavy atom. The molecule has 2 rings (SSSR count). The summed E-state index contributed by atoms with van der Waals surface area (Å²) in [6, 6.07) is -0.0231. The highest BCUT2D eigenvalue weighted by Gasteiger charge is 2.32. The Morgan fingerprint density at radius 1 is 1.15 bits per heavy atom. The SMILES string of the molecule is CC1CCCCC1CNS(=O)(=O)N1CCCCC1CN. The first-order valence-corrected chi connectivity index (χ1v) is 9.45. The van der Waals surface area contributed by atoms with E-state index in [-0.39, 0.29) is 6.04 Å². The lowest BCUT2D eigenvalue weighted by molar-refractivity contribution is 0.240. The van der Waals surface area contributed by atoms with Gasteiger partial charge in [0.05, 0.1) is 0 Å². The molecule has 0 spiro atoms. The molecule has 3 atom stereocenters. The van der Waals surface area contributed by atoms with Gasteiger partial charge in [0.25, 0.3) is 10.2 Å². The van der Waals surface area contributed by atoms with Gasteiger partial charge in [-0.25, -0.2) is 4.72 Å². The third-order valence-corrected chi connectivity index (χ3v) is 6.60. The molecule has 1 saturated heterocycles. The topological polar surface area (TPSA) is 75.4 Å². The monoisotopic (exact) mass is 303 g/mol. The van der Waals surface area contributed by atoms with E-state index in [9.17, 15) is 8.42 Å². The summed E-state index contributed by atoms with van der Waals surface area (Å²) in [4.78, 5) is 0. The lowest BCUT2D eigenvalue weighted by Gasteiger charge is -2.35. The van der Waals surface area contributed by atoms with Crippen LogP contribution in [0.5, 0.6) is 0 Å². The fourth-order valence-electron chi connectivity index (χ4n) is 3.52. The maximum Gasteiger partial charge on any atom is 0.279 e. The second-order valence-corrected chi connectivity index (χ2v) is 8.08. The molecule has 0 aromatic heterocycles. The van der Waals surface area contributed by atoms with Gasteiger partial charge in [0.1, 0.15) is 0 Å². The Hall–Kier alpha value is -0.170. The van der Waals surface area contributed by atoms with Gasteiger partial charge in [-0.3, -0.25) is 0 Å². The van der Waals surface area contributed by atoms with Gasteiger partial charge in [0.2, 0.25) is 0 Å². The van der Waals surface area contributed by atoms with Crippen LogP contribution < -0.4 is 10.5 Å². The van der Waals surface area contributed by atoms with Crippen LogP contribution in [0.2, 0.25) is 0 Å². The summed E-state index contributed by atoms with van der Waals surface area (Å²) in [5, 5.41) is 0. The van der Waals surface area contributed by atoms with Crippen LogP contribution in [0.1, 0.15) is 51.9 Å². The molecule has 1 heterocycles. The maximum atomic E-state index is 12.5. The van der Waals surface area contributed by atoms with Crippen LogP contribution in [0.4, 0.5) is 0 Å². The fourth-order valence-corrected chi connectivity index (χ4v) is 5.06. The molecule has 0 aromatic rings. The number of hydrogen-bond acceptors (Lipinski definition) is 3. The summed E-state index contributed by atoms with van der Waals surface area (Å²) >= 11 is 0. The average molecular weight is 303 g/mol. The normalized spacial score (nSPS) is 33.2. The van der Waals surface area contributed by atoms with Crippen LogP contribution in [0, 0.1) is 11.8 Å². The third kappa shape index (κ3) is 3.93. The van der Waals surface area contributed by atoms with Crippen molar-refractivity contribution in [3.8, 4) is 0 Å². The lowest BCUT2D eigenvalue weighted by Crippen LogP contribution is -2.52. The highest BCUT2D eigenvalue weighted by Crippen LogP contribution is 2.29. The fraction of sp³-hybridized carbons (Fsp3) is 1.00. The molecule has 0 amide bonds. The molecular formula is C14H29N3O2S. The van der Waals surface area contributed by atoms with E-state index in [1.165, 1.54) is 19.3 Å². The zero-order chi connectivity index (χ0) is 14.6. The Kier molecular flexibility index (Phi) is 5.84. The minimum atomic E-state index is -3.36. The Bertz CT molecular complexity index is 399. The predicted octanol–water partition coefficient (Wildman–Crippen LogP) is 1.46. The van der Waals surface area contributed by atoms with E-state index in [0.29, 0.717) is 31.5 Å². The van der Waals surface area contributed by atoms with Crippen molar-refractivity contribution in [2.24, 2.45) is 17.6 Å². The quantitative estimate of drug-likeness (QED) is 0.807. The van der Waals surface area contributed by atoms with Crippen LogP contribution in [-0.4, -0.2) is 38.4 Å². The van der Waals surface area contributed by atoms with Crippen molar-refractivity contribution in [1.29, 1.82) is 0 Å². The standard InChI is InChI=1S/C14H29N3O2S/c1-12-6-2-3-7-13(12)11-16-20(18,19)17-9-5-4-8-14(17)10-15/h12-14,16H,2-11,15H2,1H3. The van der Waals surface area contributed by atoms with E-state index >= 15 is 0 Å². The first kappa shape index (κ1) is 16.2. The van der Waals surface area contributed by atoms with E-state index in [0.717, 1.165) is 25.7 Å². The van der Waals surface area contributed by atoms with Crippen molar-refractivity contribution in [3.05, 3.63) is 0 Å². The van der Waals surface area contributed by atoms with E-state index in [2.05, 4.69) is 11.6 Å². The zero-order valence-electron chi connectivity index (χ0n) is 12.6. The molecule has 118 valence electrons. The number of nitrogens with zero attached hydrogens (tertiary/aromatic N) is 1. The molecule has 1 saturated carbocycles. The lowest BCUT2D eigenvalue weighted by atomic mass is 9.81. The van der Waals surface area contributed by atoms with Crippen molar-refractivity contribution in [2.75, 3.05) is 19.6 Å². The van der Waals surface area contributed by atoms with E-state index in [4.69, 9.17) is 5.73 Å². The number of nitrogens with one attached hydrogen (secondary N) is 1. The third-order valence-electron chi connectivity index (χ3n) is 4.97. The molecule has 2 fully saturated rings. The minimum Gasteiger partial charge on any atom is -0.329 e. The molecular weight excluding hydrogens is 274 g/mol. The van der Waals surface area contributed by atoms with E-state index in [1.54, 1.807) is 4.31 Å². The summed E-state index contributed by atoms with van der Waals surface area (Å²) in [7, 11) is -3.36. The maximum absolute atomic E-state index is 12.5. The second kappa shape index (κ2) is 7.20. The molecule has 20 heavy (non-hydrogen) atoms. The largest absolute Gasteiger partial charge is 0.329 e. The summed E-state index contributed by atoms with van der Waals surface area (Å²) in [6.45, 7) is 3.84. The van der Waals surface area contributed by atoms with Crippen LogP contribution in [0.15, 0.2) is 0 Å². The van der Waals surface area contributed by atoms with Gasteiger partial charge in [-0.05, 0) is 31.1 Å². The molecule has 5 nitrogen and oxygen atoms in total. The van der Waals surface area contributed by atoms with Crippen LogP contribution in [0.3, 0.4) is 0 Å². The Labute approximate surface area is 123 Å². The van der Waals surface area contributed by atoms with Crippen molar-refractivity contribution < 1.29 is 8.42 Å². The van der Waals surface area contributed by atoms with Gasteiger partial charge < -0.3 is 5.73 Å². The van der Waals surface area contributed by atoms with Gasteiger partial charge in [-0.2, -0.15) is 12.7 Å². The second-order valence-electron chi connectivity index (χ2n) is 6.37. The first-order valence-electron chi connectivity index (χ1n) is 8.01. The van der Waals surface area contributed by atoms with Gasteiger partial charge >= 0.3 is 0 Å². The number of hydrogen-bond donors (Lipinski definition) is 2.